The molecule has 3 rings (SSSR count). The van der Waals surface area contributed by atoms with Gasteiger partial charge in [-0.1, -0.05) is 6.58 Å². The van der Waals surface area contributed by atoms with Crippen molar-refractivity contribution >= 4 is 33.1 Å². The summed E-state index contributed by atoms with van der Waals surface area (Å²) in [5.41, 5.74) is 2.71. The van der Waals surface area contributed by atoms with Gasteiger partial charge in [0.2, 0.25) is 5.91 Å². The molecule has 116 valence electrons. The predicted molar refractivity (Wildman–Crippen MR) is 95.1 cm³/mol. The predicted octanol–water partition coefficient (Wildman–Crippen LogP) is 4.49. The Labute approximate surface area is 138 Å². The number of hydrogen-bond acceptors (Lipinski definition) is 4. The average molecular weight is 324 g/mol. The Bertz CT molecular complexity index is 853. The van der Waals surface area contributed by atoms with Gasteiger partial charge in [-0.15, -0.1) is 11.3 Å². The lowest BCUT2D eigenvalue weighted by Gasteiger charge is -2.02. The molecule has 0 fully saturated rings. The summed E-state index contributed by atoms with van der Waals surface area (Å²) < 4.78 is 6.62. The Hall–Kier alpha value is -2.66. The fourth-order valence-electron chi connectivity index (χ4n) is 2.17. The van der Waals surface area contributed by atoms with E-state index < -0.39 is 0 Å². The molecule has 0 aliphatic heterocycles. The molecule has 0 saturated carbocycles. The van der Waals surface area contributed by atoms with Gasteiger partial charge in [-0.25, -0.2) is 4.98 Å². The van der Waals surface area contributed by atoms with Crippen molar-refractivity contribution in [3.05, 3.63) is 55.1 Å². The van der Waals surface area contributed by atoms with Crippen molar-refractivity contribution in [3.63, 3.8) is 0 Å². The summed E-state index contributed by atoms with van der Waals surface area (Å²) in [5, 5.41) is 3.67. The highest BCUT2D eigenvalue weighted by molar-refractivity contribution is 7.21. The minimum atomic E-state index is -0.221. The van der Waals surface area contributed by atoms with Gasteiger partial charge in [-0.05, 0) is 55.5 Å². The average Bonchev–Trinajstić information content (AvgIpc) is 2.99. The zero-order valence-corrected chi connectivity index (χ0v) is 13.5. The van der Waals surface area contributed by atoms with E-state index >= 15 is 0 Å². The van der Waals surface area contributed by atoms with Crippen LogP contribution < -0.4 is 10.1 Å². The summed E-state index contributed by atoms with van der Waals surface area (Å²) in [4.78, 5) is 15.9. The maximum atomic E-state index is 11.3. The SMILES string of the molecule is C=CC(=O)Nc1ccc(-c2nc3ccc(OCC)cc3s2)cc1. The van der Waals surface area contributed by atoms with Crippen molar-refractivity contribution in [1.82, 2.24) is 4.98 Å². The second-order valence-electron chi connectivity index (χ2n) is 4.85. The van der Waals surface area contributed by atoms with Crippen LogP contribution in [0.15, 0.2) is 55.1 Å². The van der Waals surface area contributed by atoms with Crippen LogP contribution in [0.1, 0.15) is 6.92 Å². The zero-order chi connectivity index (χ0) is 16.2. The largest absolute Gasteiger partial charge is 0.494 e. The number of nitrogens with zero attached hydrogens (tertiary/aromatic N) is 1. The molecule has 2 aromatic carbocycles. The molecule has 1 amide bonds. The Morgan fingerprint density at radius 1 is 1.30 bits per heavy atom. The number of benzene rings is 2. The van der Waals surface area contributed by atoms with Crippen molar-refractivity contribution in [2.45, 2.75) is 6.92 Å². The normalized spacial score (nSPS) is 10.5. The van der Waals surface area contributed by atoms with E-state index in [1.165, 1.54) is 6.08 Å². The highest BCUT2D eigenvalue weighted by Crippen LogP contribution is 2.32. The summed E-state index contributed by atoms with van der Waals surface area (Å²) in [6, 6.07) is 13.5. The number of carbonyl (C=O) groups is 1. The van der Waals surface area contributed by atoms with E-state index in [9.17, 15) is 4.79 Å². The molecule has 3 aromatic rings. The summed E-state index contributed by atoms with van der Waals surface area (Å²) >= 11 is 1.62. The topological polar surface area (TPSA) is 51.2 Å². The van der Waals surface area contributed by atoms with Gasteiger partial charge in [0.1, 0.15) is 10.8 Å². The van der Waals surface area contributed by atoms with Crippen LogP contribution in [0.2, 0.25) is 0 Å². The molecule has 4 nitrogen and oxygen atoms in total. The van der Waals surface area contributed by atoms with Gasteiger partial charge >= 0.3 is 0 Å². The number of anilines is 1. The number of fused-ring (bicyclic) bond motifs is 1. The van der Waals surface area contributed by atoms with Crippen LogP contribution in [0.25, 0.3) is 20.8 Å². The fraction of sp³-hybridized carbons (Fsp3) is 0.111. The minimum Gasteiger partial charge on any atom is -0.494 e. The first-order chi connectivity index (χ1) is 11.2. The van der Waals surface area contributed by atoms with Crippen molar-refractivity contribution in [2.24, 2.45) is 0 Å². The molecular formula is C18H16N2O2S. The molecule has 0 saturated heterocycles. The highest BCUT2D eigenvalue weighted by Gasteiger charge is 2.08. The maximum Gasteiger partial charge on any atom is 0.247 e. The van der Waals surface area contributed by atoms with Crippen LogP contribution in [-0.2, 0) is 4.79 Å². The second-order valence-corrected chi connectivity index (χ2v) is 5.88. The quantitative estimate of drug-likeness (QED) is 0.704. The van der Waals surface area contributed by atoms with Gasteiger partial charge in [0.05, 0.1) is 16.8 Å². The molecule has 1 heterocycles. The summed E-state index contributed by atoms with van der Waals surface area (Å²) in [6.07, 6.45) is 1.25. The lowest BCUT2D eigenvalue weighted by Crippen LogP contribution is -2.06. The fourth-order valence-corrected chi connectivity index (χ4v) is 3.17. The third-order valence-electron chi connectivity index (χ3n) is 3.26. The Balaban J connectivity index is 1.87. The van der Waals surface area contributed by atoms with Gasteiger partial charge in [-0.3, -0.25) is 4.79 Å². The van der Waals surface area contributed by atoms with E-state index in [-0.39, 0.29) is 5.91 Å². The van der Waals surface area contributed by atoms with E-state index in [1.54, 1.807) is 11.3 Å². The first-order valence-corrected chi connectivity index (χ1v) is 8.08. The highest BCUT2D eigenvalue weighted by atomic mass is 32.1. The Morgan fingerprint density at radius 3 is 2.78 bits per heavy atom. The van der Waals surface area contributed by atoms with Gasteiger partial charge in [0.25, 0.3) is 0 Å². The number of amides is 1. The first kappa shape index (κ1) is 15.2. The van der Waals surface area contributed by atoms with Gasteiger partial charge in [0.15, 0.2) is 0 Å². The molecule has 5 heteroatoms. The van der Waals surface area contributed by atoms with Crippen molar-refractivity contribution < 1.29 is 9.53 Å². The second kappa shape index (κ2) is 6.62. The van der Waals surface area contributed by atoms with Crippen LogP contribution in [0.5, 0.6) is 5.75 Å². The van der Waals surface area contributed by atoms with E-state index in [0.29, 0.717) is 6.61 Å². The smallest absolute Gasteiger partial charge is 0.247 e. The van der Waals surface area contributed by atoms with Crippen LogP contribution >= 0.6 is 11.3 Å². The molecule has 0 bridgehead atoms. The maximum absolute atomic E-state index is 11.3. The van der Waals surface area contributed by atoms with E-state index in [1.807, 2.05) is 49.4 Å². The lowest BCUT2D eigenvalue weighted by atomic mass is 10.2. The zero-order valence-electron chi connectivity index (χ0n) is 12.7. The molecule has 0 aliphatic rings. The summed E-state index contributed by atoms with van der Waals surface area (Å²) in [7, 11) is 0. The monoisotopic (exact) mass is 324 g/mol. The van der Waals surface area contributed by atoms with Crippen molar-refractivity contribution in [2.75, 3.05) is 11.9 Å². The Kier molecular flexibility index (Phi) is 4.39. The first-order valence-electron chi connectivity index (χ1n) is 7.27. The lowest BCUT2D eigenvalue weighted by molar-refractivity contribution is -0.111. The summed E-state index contributed by atoms with van der Waals surface area (Å²) in [5.74, 6) is 0.638. The number of aromatic nitrogens is 1. The molecule has 0 spiro atoms. The van der Waals surface area contributed by atoms with Crippen LogP contribution in [0.3, 0.4) is 0 Å². The number of nitrogens with one attached hydrogen (secondary N) is 1. The molecule has 0 radical (unpaired) electrons. The van der Waals surface area contributed by atoms with E-state index in [0.717, 1.165) is 32.2 Å². The van der Waals surface area contributed by atoms with Gasteiger partial charge in [0, 0.05) is 11.3 Å². The molecule has 1 aromatic heterocycles. The molecule has 0 aliphatic carbocycles. The Morgan fingerprint density at radius 2 is 2.09 bits per heavy atom. The van der Waals surface area contributed by atoms with Crippen molar-refractivity contribution in [3.8, 4) is 16.3 Å². The van der Waals surface area contributed by atoms with Crippen LogP contribution in [0, 0.1) is 0 Å². The number of carbonyl (C=O) groups excluding carboxylic acids is 1. The number of thiazole rings is 1. The number of rotatable bonds is 5. The third kappa shape index (κ3) is 3.40. The van der Waals surface area contributed by atoms with Gasteiger partial charge in [-0.2, -0.15) is 0 Å². The minimum absolute atomic E-state index is 0.221. The molecule has 0 unspecified atom stereocenters. The molecule has 1 N–H and O–H groups in total. The standard InChI is InChI=1S/C18H16N2O2S/c1-3-17(21)19-13-7-5-12(6-8-13)18-20-15-10-9-14(22-4-2)11-16(15)23-18/h3,5-11H,1,4H2,2H3,(H,19,21). The number of hydrogen-bond donors (Lipinski definition) is 1. The summed E-state index contributed by atoms with van der Waals surface area (Å²) in [6.45, 7) is 6.05. The number of ether oxygens (including phenoxy) is 1. The van der Waals surface area contributed by atoms with Gasteiger partial charge < -0.3 is 10.1 Å². The molecule has 0 atom stereocenters. The van der Waals surface area contributed by atoms with E-state index in [4.69, 9.17) is 4.74 Å². The van der Waals surface area contributed by atoms with Crippen molar-refractivity contribution in [1.29, 1.82) is 0 Å². The van der Waals surface area contributed by atoms with Crippen LogP contribution in [-0.4, -0.2) is 17.5 Å². The third-order valence-corrected chi connectivity index (χ3v) is 4.32. The van der Waals surface area contributed by atoms with E-state index in [2.05, 4.69) is 16.9 Å². The van der Waals surface area contributed by atoms with Crippen LogP contribution in [0.4, 0.5) is 5.69 Å². The molecule has 23 heavy (non-hydrogen) atoms. The molecular weight excluding hydrogens is 308 g/mol.